The van der Waals surface area contributed by atoms with Gasteiger partial charge in [-0.05, 0) is 39.7 Å². The second kappa shape index (κ2) is 9.36. The summed E-state index contributed by atoms with van der Waals surface area (Å²) in [5.74, 6) is -0.304. The summed E-state index contributed by atoms with van der Waals surface area (Å²) in [5, 5.41) is 5.01. The van der Waals surface area contributed by atoms with Gasteiger partial charge in [0.1, 0.15) is 5.60 Å². The fraction of sp³-hybridized carbons (Fsp3) is 0.591. The predicted molar refractivity (Wildman–Crippen MR) is 109 cm³/mol. The third-order valence-electron chi connectivity index (χ3n) is 5.26. The monoisotopic (exact) mass is 418 g/mol. The molecule has 1 saturated carbocycles. The SMILES string of the molecule is C[C@@H](OC(=O)COc1cccc2c1OC(C)(C)C2)C(=O)NC(=O)NC1CCCCC1. The van der Waals surface area contributed by atoms with Crippen molar-refractivity contribution in [2.75, 3.05) is 6.61 Å². The van der Waals surface area contributed by atoms with Gasteiger partial charge in [-0.15, -0.1) is 0 Å². The Morgan fingerprint density at radius 2 is 1.93 bits per heavy atom. The van der Waals surface area contributed by atoms with E-state index in [-0.39, 0.29) is 18.2 Å². The summed E-state index contributed by atoms with van der Waals surface area (Å²) >= 11 is 0. The first-order valence-corrected chi connectivity index (χ1v) is 10.5. The van der Waals surface area contributed by atoms with E-state index >= 15 is 0 Å². The van der Waals surface area contributed by atoms with E-state index in [4.69, 9.17) is 14.2 Å². The van der Waals surface area contributed by atoms with Crippen molar-refractivity contribution in [3.8, 4) is 11.5 Å². The Balaban J connectivity index is 1.43. The highest BCUT2D eigenvalue weighted by molar-refractivity contribution is 5.97. The standard InChI is InChI=1S/C22H30N2O6/c1-14(20(26)24-21(27)23-16-9-5-4-6-10-16)29-18(25)13-28-17-11-7-8-15-12-22(2,3)30-19(15)17/h7-8,11,14,16H,4-6,9-10,12-13H2,1-3H3,(H2,23,24,26,27)/t14-/m1/s1. The summed E-state index contributed by atoms with van der Waals surface area (Å²) in [4.78, 5) is 36.2. The molecule has 1 aliphatic heterocycles. The van der Waals surface area contributed by atoms with Gasteiger partial charge in [-0.2, -0.15) is 0 Å². The van der Waals surface area contributed by atoms with Gasteiger partial charge in [-0.25, -0.2) is 9.59 Å². The Bertz CT molecular complexity index is 801. The first-order chi connectivity index (χ1) is 14.2. The lowest BCUT2D eigenvalue weighted by Gasteiger charge is -2.23. The number of carbonyl (C=O) groups is 3. The topological polar surface area (TPSA) is 103 Å². The van der Waals surface area contributed by atoms with Crippen LogP contribution in [0.5, 0.6) is 11.5 Å². The molecule has 0 aromatic heterocycles. The summed E-state index contributed by atoms with van der Waals surface area (Å²) in [6.45, 7) is 5.00. The second-order valence-corrected chi connectivity index (χ2v) is 8.50. The molecule has 0 spiro atoms. The minimum absolute atomic E-state index is 0.0811. The molecular formula is C22H30N2O6. The Kier molecular flexibility index (Phi) is 6.84. The van der Waals surface area contributed by atoms with Crippen LogP contribution in [0.25, 0.3) is 0 Å². The molecule has 2 aliphatic rings. The van der Waals surface area contributed by atoms with Gasteiger partial charge in [0, 0.05) is 18.0 Å². The number of nitrogens with one attached hydrogen (secondary N) is 2. The maximum atomic E-state index is 12.1. The number of imide groups is 1. The predicted octanol–water partition coefficient (Wildman–Crippen LogP) is 2.87. The fourth-order valence-electron chi connectivity index (χ4n) is 3.80. The number of esters is 1. The molecule has 3 amide bonds. The molecule has 8 heteroatoms. The smallest absolute Gasteiger partial charge is 0.344 e. The van der Waals surface area contributed by atoms with Crippen molar-refractivity contribution in [3.05, 3.63) is 23.8 Å². The molecule has 1 fully saturated rings. The molecule has 164 valence electrons. The summed E-state index contributed by atoms with van der Waals surface area (Å²) in [5.41, 5.74) is 0.690. The van der Waals surface area contributed by atoms with Crippen molar-refractivity contribution in [1.29, 1.82) is 0 Å². The summed E-state index contributed by atoms with van der Waals surface area (Å²) < 4.78 is 16.5. The van der Waals surface area contributed by atoms with Gasteiger partial charge in [0.15, 0.2) is 24.2 Å². The fourth-order valence-corrected chi connectivity index (χ4v) is 3.80. The number of rotatable bonds is 6. The lowest BCUT2D eigenvalue weighted by molar-refractivity contribution is -0.156. The molecule has 8 nitrogen and oxygen atoms in total. The zero-order valence-corrected chi connectivity index (χ0v) is 17.8. The normalized spacial score (nSPS) is 18.5. The average molecular weight is 418 g/mol. The van der Waals surface area contributed by atoms with Crippen molar-refractivity contribution in [2.45, 2.75) is 77.0 Å². The van der Waals surface area contributed by atoms with Gasteiger partial charge in [0.25, 0.3) is 5.91 Å². The van der Waals surface area contributed by atoms with Crippen LogP contribution in [0.3, 0.4) is 0 Å². The largest absolute Gasteiger partial charge is 0.483 e. The molecule has 1 aromatic carbocycles. The molecule has 3 rings (SSSR count). The first-order valence-electron chi connectivity index (χ1n) is 10.5. The van der Waals surface area contributed by atoms with E-state index in [9.17, 15) is 14.4 Å². The number of fused-ring (bicyclic) bond motifs is 1. The maximum absolute atomic E-state index is 12.1. The van der Waals surface area contributed by atoms with Crippen molar-refractivity contribution < 1.29 is 28.6 Å². The average Bonchev–Trinajstić information content (AvgIpc) is 3.01. The quantitative estimate of drug-likeness (QED) is 0.689. The van der Waals surface area contributed by atoms with E-state index in [1.165, 1.54) is 13.3 Å². The third-order valence-corrected chi connectivity index (χ3v) is 5.26. The summed E-state index contributed by atoms with van der Waals surface area (Å²) in [6.07, 6.45) is 4.77. The molecule has 0 unspecified atom stereocenters. The third kappa shape index (κ3) is 5.87. The minimum Gasteiger partial charge on any atom is -0.483 e. The van der Waals surface area contributed by atoms with Crippen LogP contribution in [0.2, 0.25) is 0 Å². The summed E-state index contributed by atoms with van der Waals surface area (Å²) in [7, 11) is 0. The zero-order chi connectivity index (χ0) is 21.7. The number of hydrogen-bond donors (Lipinski definition) is 2. The van der Waals surface area contributed by atoms with E-state index in [0.29, 0.717) is 11.5 Å². The molecule has 0 bridgehead atoms. The zero-order valence-electron chi connectivity index (χ0n) is 17.8. The number of urea groups is 1. The molecule has 30 heavy (non-hydrogen) atoms. The van der Waals surface area contributed by atoms with Crippen molar-refractivity contribution >= 4 is 17.9 Å². The van der Waals surface area contributed by atoms with Crippen LogP contribution in [-0.2, 0) is 20.7 Å². The lowest BCUT2D eigenvalue weighted by atomic mass is 9.96. The molecule has 1 atom stereocenters. The maximum Gasteiger partial charge on any atom is 0.344 e. The number of benzene rings is 1. The molecule has 2 N–H and O–H groups in total. The van der Waals surface area contributed by atoms with Gasteiger partial charge in [-0.1, -0.05) is 31.4 Å². The lowest BCUT2D eigenvalue weighted by Crippen LogP contribution is -2.48. The van der Waals surface area contributed by atoms with E-state index < -0.39 is 24.0 Å². The Morgan fingerprint density at radius 3 is 2.67 bits per heavy atom. The van der Waals surface area contributed by atoms with Gasteiger partial charge in [0.2, 0.25) is 0 Å². The van der Waals surface area contributed by atoms with Gasteiger partial charge in [0.05, 0.1) is 0 Å². The minimum atomic E-state index is -1.12. The van der Waals surface area contributed by atoms with Gasteiger partial charge < -0.3 is 19.5 Å². The molecule has 1 aliphatic carbocycles. The van der Waals surface area contributed by atoms with E-state index in [0.717, 1.165) is 37.7 Å². The molecular weight excluding hydrogens is 388 g/mol. The van der Waals surface area contributed by atoms with Gasteiger partial charge in [-0.3, -0.25) is 10.1 Å². The van der Waals surface area contributed by atoms with Crippen LogP contribution >= 0.6 is 0 Å². The number of ether oxygens (including phenoxy) is 3. The highest BCUT2D eigenvalue weighted by Crippen LogP contribution is 2.41. The van der Waals surface area contributed by atoms with E-state index in [1.807, 2.05) is 26.0 Å². The Morgan fingerprint density at radius 1 is 1.20 bits per heavy atom. The van der Waals surface area contributed by atoms with Gasteiger partial charge >= 0.3 is 12.0 Å². The molecule has 0 radical (unpaired) electrons. The molecule has 1 aromatic rings. The molecule has 1 heterocycles. The van der Waals surface area contributed by atoms with Crippen LogP contribution in [0.1, 0.15) is 58.4 Å². The van der Waals surface area contributed by atoms with E-state index in [1.54, 1.807) is 6.07 Å². The number of hydrogen-bond acceptors (Lipinski definition) is 6. The Labute approximate surface area is 176 Å². The van der Waals surface area contributed by atoms with Crippen LogP contribution in [0.4, 0.5) is 4.79 Å². The number of amides is 3. The van der Waals surface area contributed by atoms with Crippen molar-refractivity contribution in [3.63, 3.8) is 0 Å². The van der Waals surface area contributed by atoms with Crippen molar-refractivity contribution in [2.24, 2.45) is 0 Å². The highest BCUT2D eigenvalue weighted by atomic mass is 16.6. The highest BCUT2D eigenvalue weighted by Gasteiger charge is 2.32. The van der Waals surface area contributed by atoms with Crippen LogP contribution < -0.4 is 20.1 Å². The molecule has 0 saturated heterocycles. The van der Waals surface area contributed by atoms with E-state index in [2.05, 4.69) is 10.6 Å². The second-order valence-electron chi connectivity index (χ2n) is 8.50. The van der Waals surface area contributed by atoms with Crippen LogP contribution in [0, 0.1) is 0 Å². The summed E-state index contributed by atoms with van der Waals surface area (Å²) in [6, 6.07) is 5.04. The van der Waals surface area contributed by atoms with Crippen LogP contribution in [0.15, 0.2) is 18.2 Å². The van der Waals surface area contributed by atoms with Crippen molar-refractivity contribution in [1.82, 2.24) is 10.6 Å². The van der Waals surface area contributed by atoms with Crippen LogP contribution in [-0.4, -0.2) is 42.3 Å². The first kappa shape index (κ1) is 21.9. The number of carbonyl (C=O) groups excluding carboxylic acids is 3. The number of para-hydroxylation sites is 1. The Hall–Kier alpha value is -2.77.